The quantitative estimate of drug-likeness (QED) is 0.443. The zero-order valence-electron chi connectivity index (χ0n) is 3.70. The summed E-state index contributed by atoms with van der Waals surface area (Å²) in [6.45, 7) is 2.20. The van der Waals surface area contributed by atoms with Crippen LogP contribution in [-0.2, 0) is 0 Å². The fourth-order valence-electron chi connectivity index (χ4n) is 0.204. The molecular formula is C4H9Al. The van der Waals surface area contributed by atoms with Gasteiger partial charge in [0.15, 0.2) is 0 Å². The van der Waals surface area contributed by atoms with Crippen LogP contribution in [0, 0.1) is 0 Å². The lowest BCUT2D eigenvalue weighted by Crippen LogP contribution is -1.63. The molecule has 0 rings (SSSR count). The summed E-state index contributed by atoms with van der Waals surface area (Å²) >= 11 is 2.70. The minimum atomic E-state index is 1.26. The van der Waals surface area contributed by atoms with Crippen molar-refractivity contribution in [2.24, 2.45) is 0 Å². The Balaban J connectivity index is 2.19. The Morgan fingerprint density at radius 3 is 2.20 bits per heavy atom. The minimum Gasteiger partial charge on any atom is -0.118 e. The number of hydrogen-bond donors (Lipinski definition) is 0. The average molecular weight is 84.1 g/mol. The van der Waals surface area contributed by atoms with Crippen LogP contribution in [0.4, 0.5) is 0 Å². The summed E-state index contributed by atoms with van der Waals surface area (Å²) in [4.78, 5) is 0. The second-order valence-electron chi connectivity index (χ2n) is 1.14. The largest absolute Gasteiger partial charge is 0.118 e. The first kappa shape index (κ1) is 5.53. The maximum atomic E-state index is 2.70. The smallest absolute Gasteiger partial charge is 0.118 e. The fraction of sp³-hybridized carbons (Fsp3) is 1.00. The highest BCUT2D eigenvalue weighted by molar-refractivity contribution is 6.08. The van der Waals surface area contributed by atoms with Gasteiger partial charge in [0, 0.05) is 0 Å². The van der Waals surface area contributed by atoms with Crippen LogP contribution in [-0.4, -0.2) is 16.3 Å². The molecule has 0 aromatic heterocycles. The molecule has 0 aromatic carbocycles. The molecule has 1 heteroatoms. The molecule has 0 aliphatic rings. The van der Waals surface area contributed by atoms with Crippen LogP contribution in [0.3, 0.4) is 0 Å². The Morgan fingerprint density at radius 1 is 1.60 bits per heavy atom. The first-order valence-corrected chi connectivity index (χ1v) is 2.93. The molecule has 0 nitrogen and oxygen atoms in total. The minimum absolute atomic E-state index is 1.26. The Bertz CT molecular complexity index is 11.1. The lowest BCUT2D eigenvalue weighted by Gasteiger charge is -1.79. The van der Waals surface area contributed by atoms with Gasteiger partial charge in [0.25, 0.3) is 0 Å². The van der Waals surface area contributed by atoms with Crippen molar-refractivity contribution in [2.45, 2.75) is 25.0 Å². The maximum absolute atomic E-state index is 2.70. The highest BCUT2D eigenvalue weighted by atomic mass is 27.0. The summed E-state index contributed by atoms with van der Waals surface area (Å²) in [5.41, 5.74) is 0. The predicted octanol–water partition coefficient (Wildman–Crippen LogP) is 1.37. The van der Waals surface area contributed by atoms with Crippen LogP contribution in [0.1, 0.15) is 19.8 Å². The molecule has 0 spiro atoms. The highest BCUT2D eigenvalue weighted by Crippen LogP contribution is 1.86. The van der Waals surface area contributed by atoms with E-state index in [0.29, 0.717) is 0 Å². The van der Waals surface area contributed by atoms with E-state index in [-0.39, 0.29) is 0 Å². The van der Waals surface area contributed by atoms with Crippen molar-refractivity contribution in [3.8, 4) is 0 Å². The van der Waals surface area contributed by atoms with Crippen LogP contribution in [0.15, 0.2) is 0 Å². The summed E-state index contributed by atoms with van der Waals surface area (Å²) in [5.74, 6) is 0. The van der Waals surface area contributed by atoms with Gasteiger partial charge in [-0.1, -0.05) is 19.8 Å². The lowest BCUT2D eigenvalue weighted by molar-refractivity contribution is 0.884. The van der Waals surface area contributed by atoms with E-state index in [1.165, 1.54) is 18.1 Å². The van der Waals surface area contributed by atoms with E-state index in [9.17, 15) is 0 Å². The molecule has 0 unspecified atom stereocenters. The van der Waals surface area contributed by atoms with E-state index in [2.05, 4.69) is 23.2 Å². The van der Waals surface area contributed by atoms with Crippen molar-refractivity contribution in [2.75, 3.05) is 0 Å². The van der Waals surface area contributed by atoms with Crippen molar-refractivity contribution in [3.05, 3.63) is 0 Å². The van der Waals surface area contributed by atoms with Crippen molar-refractivity contribution >= 4 is 16.3 Å². The number of unbranched alkanes of at least 4 members (excludes halogenated alkanes) is 1. The predicted molar refractivity (Wildman–Crippen MR) is 25.5 cm³/mol. The van der Waals surface area contributed by atoms with Crippen molar-refractivity contribution in [1.82, 2.24) is 0 Å². The third kappa shape index (κ3) is 4.53. The van der Waals surface area contributed by atoms with Crippen LogP contribution >= 0.6 is 0 Å². The first-order chi connectivity index (χ1) is 2.41. The molecular weight excluding hydrogens is 75.0 g/mol. The van der Waals surface area contributed by atoms with Crippen LogP contribution < -0.4 is 0 Å². The maximum Gasteiger partial charge on any atom is 0.118 e. The Hall–Kier alpha value is 0.532. The first-order valence-electron chi connectivity index (χ1n) is 2.12. The molecule has 0 atom stereocenters. The summed E-state index contributed by atoms with van der Waals surface area (Å²) in [5, 5.41) is 1.26. The van der Waals surface area contributed by atoms with E-state index in [1.807, 2.05) is 0 Å². The third-order valence-electron chi connectivity index (χ3n) is 0.558. The van der Waals surface area contributed by atoms with Crippen molar-refractivity contribution in [1.29, 1.82) is 0 Å². The van der Waals surface area contributed by atoms with Gasteiger partial charge in [-0.15, -0.1) is 5.28 Å². The summed E-state index contributed by atoms with van der Waals surface area (Å²) < 4.78 is 0. The van der Waals surface area contributed by atoms with E-state index in [0.717, 1.165) is 0 Å². The highest BCUT2D eigenvalue weighted by Gasteiger charge is 1.67. The standard InChI is InChI=1S/C4H9.Al/c1-3-4-2;/h1,3-4H2,2H3;. The molecule has 0 saturated carbocycles. The molecule has 5 heavy (non-hydrogen) atoms. The van der Waals surface area contributed by atoms with Gasteiger partial charge in [-0.05, 0) is 0 Å². The van der Waals surface area contributed by atoms with E-state index in [4.69, 9.17) is 0 Å². The third-order valence-corrected chi connectivity index (χ3v) is 0.966. The molecule has 0 aliphatic heterocycles. The van der Waals surface area contributed by atoms with Gasteiger partial charge in [0.05, 0.1) is 0 Å². The molecule has 0 fully saturated rings. The van der Waals surface area contributed by atoms with Crippen molar-refractivity contribution < 1.29 is 0 Å². The Labute approximate surface area is 42.0 Å². The lowest BCUT2D eigenvalue weighted by atomic mass is 10.4. The zero-order chi connectivity index (χ0) is 4.12. The van der Waals surface area contributed by atoms with Gasteiger partial charge in [0.1, 0.15) is 16.3 Å². The number of rotatable bonds is 2. The molecule has 0 amide bonds. The van der Waals surface area contributed by atoms with Gasteiger partial charge in [-0.3, -0.25) is 0 Å². The molecule has 0 aliphatic carbocycles. The SMILES string of the molecule is CCC[CH2][Al]. The van der Waals surface area contributed by atoms with Gasteiger partial charge in [-0.2, -0.15) is 0 Å². The average Bonchev–Trinajstić information content (AvgIpc) is 1.41. The van der Waals surface area contributed by atoms with E-state index >= 15 is 0 Å². The van der Waals surface area contributed by atoms with Gasteiger partial charge in [-0.25, -0.2) is 0 Å². The molecule has 0 bridgehead atoms. The van der Waals surface area contributed by atoms with E-state index in [1.54, 1.807) is 0 Å². The molecule has 2 radical (unpaired) electrons. The monoisotopic (exact) mass is 84.1 g/mol. The number of hydrogen-bond acceptors (Lipinski definition) is 0. The normalized spacial score (nSPS) is 8.20. The van der Waals surface area contributed by atoms with Gasteiger partial charge in [0.2, 0.25) is 0 Å². The molecule has 0 heterocycles. The van der Waals surface area contributed by atoms with Gasteiger partial charge >= 0.3 is 0 Å². The topological polar surface area (TPSA) is 0 Å². The summed E-state index contributed by atoms with van der Waals surface area (Å²) in [6.07, 6.45) is 2.67. The molecule has 0 aromatic rings. The molecule has 28 valence electrons. The van der Waals surface area contributed by atoms with Crippen LogP contribution in [0.5, 0.6) is 0 Å². The fourth-order valence-corrected chi connectivity index (χ4v) is 0.612. The summed E-state index contributed by atoms with van der Waals surface area (Å²) in [7, 11) is 0. The van der Waals surface area contributed by atoms with Crippen LogP contribution in [0.2, 0.25) is 5.28 Å². The Morgan fingerprint density at radius 2 is 2.20 bits per heavy atom. The molecule has 0 N–H and O–H groups in total. The molecule has 0 saturated heterocycles. The van der Waals surface area contributed by atoms with Crippen molar-refractivity contribution in [3.63, 3.8) is 0 Å². The van der Waals surface area contributed by atoms with Gasteiger partial charge < -0.3 is 0 Å². The summed E-state index contributed by atoms with van der Waals surface area (Å²) in [6, 6.07) is 0. The second-order valence-corrected chi connectivity index (χ2v) is 1.72. The second kappa shape index (κ2) is 4.53. The van der Waals surface area contributed by atoms with E-state index < -0.39 is 0 Å². The van der Waals surface area contributed by atoms with Crippen LogP contribution in [0.25, 0.3) is 0 Å². The Kier molecular flexibility index (Phi) is 5.02. The zero-order valence-corrected chi connectivity index (χ0v) is 4.85.